The molecule has 1 N–H and O–H groups in total. The molecule has 0 saturated carbocycles. The molecule has 0 aromatic rings. The van der Waals surface area contributed by atoms with E-state index in [1.54, 1.807) is 3.59 Å². The zero-order valence-corrected chi connectivity index (χ0v) is 18.0. The standard InChI is InChI=1S/C7H11O.3C4H9.Sn/c1-3-4-7(2)5-6-8;3*1-3-4-2;/h4-5,8H,6H2,1-2H3;3*1,3-4H2,2H3;/b4-3?,7-5+;;;;. The zero-order valence-electron chi connectivity index (χ0n) is 15.2. The first-order chi connectivity index (χ1) is 10.1. The summed E-state index contributed by atoms with van der Waals surface area (Å²) >= 11 is -2.18. The molecule has 0 aliphatic heterocycles. The van der Waals surface area contributed by atoms with Crippen LogP contribution < -0.4 is 0 Å². The van der Waals surface area contributed by atoms with Gasteiger partial charge in [0.15, 0.2) is 0 Å². The van der Waals surface area contributed by atoms with E-state index in [1.165, 1.54) is 57.4 Å². The van der Waals surface area contributed by atoms with Crippen LogP contribution in [0, 0.1) is 0 Å². The predicted octanol–water partition coefficient (Wildman–Crippen LogP) is 6.26. The maximum absolute atomic E-state index is 9.09. The number of aliphatic hydroxyl groups is 1. The summed E-state index contributed by atoms with van der Waals surface area (Å²) in [6.07, 6.45) is 12.6. The van der Waals surface area contributed by atoms with Gasteiger partial charge < -0.3 is 0 Å². The van der Waals surface area contributed by atoms with Gasteiger partial charge in [-0.3, -0.25) is 0 Å². The van der Waals surface area contributed by atoms with Crippen LogP contribution in [0.3, 0.4) is 0 Å². The molecule has 0 atom stereocenters. The molecule has 21 heavy (non-hydrogen) atoms. The number of allylic oxidation sites excluding steroid dienone is 3. The van der Waals surface area contributed by atoms with Crippen molar-refractivity contribution in [3.63, 3.8) is 0 Å². The molecular formula is C19H38OSn. The van der Waals surface area contributed by atoms with Crippen LogP contribution in [-0.4, -0.2) is 30.1 Å². The van der Waals surface area contributed by atoms with E-state index >= 15 is 0 Å². The summed E-state index contributed by atoms with van der Waals surface area (Å²) in [6, 6.07) is 0. The first-order valence-electron chi connectivity index (χ1n) is 9.02. The van der Waals surface area contributed by atoms with Gasteiger partial charge in [0, 0.05) is 0 Å². The molecule has 0 aromatic carbocycles. The molecule has 2 heteroatoms. The van der Waals surface area contributed by atoms with Gasteiger partial charge in [-0.05, 0) is 0 Å². The van der Waals surface area contributed by atoms with Crippen molar-refractivity contribution in [1.29, 1.82) is 0 Å². The Morgan fingerprint density at radius 2 is 1.29 bits per heavy atom. The van der Waals surface area contributed by atoms with Gasteiger partial charge in [-0.2, -0.15) is 0 Å². The summed E-state index contributed by atoms with van der Waals surface area (Å²) in [5.41, 5.74) is 1.25. The van der Waals surface area contributed by atoms with Crippen molar-refractivity contribution in [3.05, 3.63) is 21.3 Å². The van der Waals surface area contributed by atoms with Crippen LogP contribution in [0.4, 0.5) is 0 Å². The van der Waals surface area contributed by atoms with Gasteiger partial charge in [0.25, 0.3) is 0 Å². The number of hydrogen-bond acceptors (Lipinski definition) is 1. The average molecular weight is 401 g/mol. The normalized spacial score (nSPS) is 13.8. The zero-order chi connectivity index (χ0) is 16.1. The molecule has 0 rings (SSSR count). The molecular weight excluding hydrogens is 363 g/mol. The molecule has 1 nitrogen and oxygen atoms in total. The fourth-order valence-corrected chi connectivity index (χ4v) is 19.1. The molecule has 0 saturated heterocycles. The fraction of sp³-hybridized carbons (Fsp3) is 0.789. The summed E-state index contributed by atoms with van der Waals surface area (Å²) in [4.78, 5) is 0. The van der Waals surface area contributed by atoms with Crippen LogP contribution in [-0.2, 0) is 0 Å². The third kappa shape index (κ3) is 8.44. The van der Waals surface area contributed by atoms with Crippen molar-refractivity contribution in [2.24, 2.45) is 0 Å². The van der Waals surface area contributed by atoms with Crippen LogP contribution in [0.15, 0.2) is 21.3 Å². The minimum atomic E-state index is -2.18. The predicted molar refractivity (Wildman–Crippen MR) is 99.5 cm³/mol. The van der Waals surface area contributed by atoms with E-state index in [-0.39, 0.29) is 6.61 Å². The topological polar surface area (TPSA) is 20.2 Å². The summed E-state index contributed by atoms with van der Waals surface area (Å²) in [7, 11) is 0. The Hall–Kier alpha value is 0.239. The monoisotopic (exact) mass is 402 g/mol. The van der Waals surface area contributed by atoms with Gasteiger partial charge >= 0.3 is 138 Å². The van der Waals surface area contributed by atoms with E-state index < -0.39 is 18.4 Å². The van der Waals surface area contributed by atoms with Crippen LogP contribution in [0.1, 0.15) is 73.1 Å². The summed E-state index contributed by atoms with van der Waals surface area (Å²) in [6.45, 7) is 11.7. The summed E-state index contributed by atoms with van der Waals surface area (Å²) in [5, 5.41) is 9.09. The summed E-state index contributed by atoms with van der Waals surface area (Å²) in [5.74, 6) is 0. The van der Waals surface area contributed by atoms with Gasteiger partial charge in [0.1, 0.15) is 0 Å². The van der Waals surface area contributed by atoms with Crippen molar-refractivity contribution in [1.82, 2.24) is 0 Å². The first kappa shape index (κ1) is 21.2. The van der Waals surface area contributed by atoms with Gasteiger partial charge in [0.2, 0.25) is 0 Å². The van der Waals surface area contributed by atoms with Crippen molar-refractivity contribution in [2.75, 3.05) is 6.61 Å². The van der Waals surface area contributed by atoms with Crippen LogP contribution in [0.5, 0.6) is 0 Å². The quantitative estimate of drug-likeness (QED) is 0.302. The van der Waals surface area contributed by atoms with Crippen molar-refractivity contribution >= 4 is 18.4 Å². The Bertz CT molecular complexity index is 296. The van der Waals surface area contributed by atoms with E-state index in [9.17, 15) is 0 Å². The number of aliphatic hydroxyl groups excluding tert-OH is 1. The molecule has 0 radical (unpaired) electrons. The second-order valence-corrected chi connectivity index (χ2v) is 20.4. The second-order valence-electron chi connectivity index (χ2n) is 6.55. The molecule has 0 aliphatic rings. The molecule has 0 spiro atoms. The fourth-order valence-electron chi connectivity index (χ4n) is 3.21. The van der Waals surface area contributed by atoms with Gasteiger partial charge in [-0.15, -0.1) is 0 Å². The van der Waals surface area contributed by atoms with Crippen molar-refractivity contribution < 1.29 is 5.11 Å². The molecule has 124 valence electrons. The van der Waals surface area contributed by atoms with Gasteiger partial charge in [0.05, 0.1) is 0 Å². The van der Waals surface area contributed by atoms with Crippen LogP contribution in [0.25, 0.3) is 0 Å². The van der Waals surface area contributed by atoms with E-state index in [1.807, 2.05) is 6.08 Å². The molecule has 0 aliphatic carbocycles. The summed E-state index contributed by atoms with van der Waals surface area (Å²) < 4.78 is 6.32. The SMILES string of the molecule is CCC[CH2][Sn]([CH2]CCC)([CH2]CCC)/[C](C)=C/C(C)=C/CO. The van der Waals surface area contributed by atoms with E-state index in [2.05, 4.69) is 40.7 Å². The number of unbranched alkanes of at least 4 members (excludes halogenated alkanes) is 3. The van der Waals surface area contributed by atoms with Crippen molar-refractivity contribution in [3.8, 4) is 0 Å². The Balaban J connectivity index is 5.31. The number of rotatable bonds is 12. The molecule has 0 unspecified atom stereocenters. The Morgan fingerprint density at radius 1 is 0.857 bits per heavy atom. The minimum absolute atomic E-state index is 0.164. The first-order valence-corrected chi connectivity index (χ1v) is 16.5. The van der Waals surface area contributed by atoms with E-state index in [0.717, 1.165) is 0 Å². The van der Waals surface area contributed by atoms with E-state index in [0.29, 0.717) is 0 Å². The van der Waals surface area contributed by atoms with Crippen molar-refractivity contribution in [2.45, 2.75) is 86.5 Å². The maximum atomic E-state index is 9.09. The Labute approximate surface area is 137 Å². The Kier molecular flexibility index (Phi) is 12.9. The molecule has 0 heterocycles. The molecule has 0 bridgehead atoms. The average Bonchev–Trinajstić information content (AvgIpc) is 2.47. The third-order valence-electron chi connectivity index (χ3n) is 4.72. The second kappa shape index (κ2) is 12.8. The molecule has 0 amide bonds. The van der Waals surface area contributed by atoms with E-state index in [4.69, 9.17) is 5.11 Å². The Morgan fingerprint density at radius 3 is 1.62 bits per heavy atom. The molecule has 0 fully saturated rings. The molecule has 0 aromatic heterocycles. The van der Waals surface area contributed by atoms with Crippen LogP contribution in [0.2, 0.25) is 13.3 Å². The number of hydrogen-bond donors (Lipinski definition) is 1. The third-order valence-corrected chi connectivity index (χ3v) is 21.1. The van der Waals surface area contributed by atoms with Gasteiger partial charge in [-0.25, -0.2) is 0 Å². The van der Waals surface area contributed by atoms with Crippen LogP contribution >= 0.6 is 0 Å². The van der Waals surface area contributed by atoms with Gasteiger partial charge in [-0.1, -0.05) is 0 Å².